The minimum Gasteiger partial charge on any atom is -0.491 e. The molecule has 0 fully saturated rings. The highest BCUT2D eigenvalue weighted by atomic mass is 32.2. The van der Waals surface area contributed by atoms with Crippen LogP contribution in [0.25, 0.3) is 0 Å². The number of Topliss-reactive ketones (excluding diaryl/α,β-unsaturated/α-hetero) is 1. The van der Waals surface area contributed by atoms with Crippen LogP contribution in [-0.4, -0.2) is 60.7 Å². The molecule has 6 rings (SSSR count). The third-order valence-corrected chi connectivity index (χ3v) is 13.6. The Morgan fingerprint density at radius 2 is 0.704 bits per heavy atom. The van der Waals surface area contributed by atoms with Crippen molar-refractivity contribution < 1.29 is 34.3 Å². The smallest absolute Gasteiger partial charge is 0.166 e. The molecule has 276 valence electrons. The summed E-state index contributed by atoms with van der Waals surface area (Å²) >= 11 is 1.70. The largest absolute Gasteiger partial charge is 0.491 e. The summed E-state index contributed by atoms with van der Waals surface area (Å²) in [5.41, 5.74) is 0.683. The number of benzene rings is 6. The van der Waals surface area contributed by atoms with E-state index in [-0.39, 0.29) is 45.4 Å². The van der Waals surface area contributed by atoms with Crippen LogP contribution in [0.3, 0.4) is 0 Å². The molecule has 0 spiro atoms. The average molecular weight is 779 g/mol. The minimum atomic E-state index is -0.419. The Kier molecular flexibility index (Phi) is 14.2. The molecular weight excluding hydrogens is 737 g/mol. The van der Waals surface area contributed by atoms with Crippen molar-refractivity contribution in [1.82, 2.24) is 0 Å². The van der Waals surface area contributed by atoms with E-state index in [9.17, 15) is 4.79 Å². The van der Waals surface area contributed by atoms with Crippen molar-refractivity contribution in [3.05, 3.63) is 151 Å². The van der Waals surface area contributed by atoms with Gasteiger partial charge in [0.2, 0.25) is 0 Å². The molecule has 0 radical (unpaired) electrons. The van der Waals surface area contributed by atoms with E-state index in [1.165, 1.54) is 0 Å². The third-order valence-electron chi connectivity index (χ3n) is 8.11. The van der Waals surface area contributed by atoms with Gasteiger partial charge in [-0.3, -0.25) is 4.79 Å². The number of hydrogen-bond donors (Lipinski definition) is 3. The molecule has 0 saturated carbocycles. The second kappa shape index (κ2) is 19.6. The van der Waals surface area contributed by atoms with Gasteiger partial charge in [0.05, 0.1) is 41.6 Å². The van der Waals surface area contributed by atoms with E-state index < -0.39 is 21.8 Å². The lowest BCUT2D eigenvalue weighted by molar-refractivity contribution is 0.101. The second-order valence-corrected chi connectivity index (χ2v) is 17.1. The van der Waals surface area contributed by atoms with Crippen molar-refractivity contribution in [2.75, 3.05) is 39.6 Å². The van der Waals surface area contributed by atoms with Gasteiger partial charge < -0.3 is 29.5 Å². The van der Waals surface area contributed by atoms with Crippen molar-refractivity contribution in [3.63, 3.8) is 0 Å². The van der Waals surface area contributed by atoms with Crippen LogP contribution in [0.1, 0.15) is 17.3 Å². The van der Waals surface area contributed by atoms with E-state index in [1.54, 1.807) is 18.7 Å². The summed E-state index contributed by atoms with van der Waals surface area (Å²) in [6.07, 6.45) is 0. The van der Waals surface area contributed by atoms with Gasteiger partial charge in [0.1, 0.15) is 37.1 Å². The number of carbonyl (C=O) groups is 1. The lowest BCUT2D eigenvalue weighted by Gasteiger charge is -2.11. The molecule has 0 aliphatic heterocycles. The van der Waals surface area contributed by atoms with Gasteiger partial charge in [-0.2, -0.15) is 0 Å². The first-order valence-electron chi connectivity index (χ1n) is 17.4. The van der Waals surface area contributed by atoms with E-state index in [4.69, 9.17) is 29.5 Å². The van der Waals surface area contributed by atoms with Crippen LogP contribution in [0.15, 0.2) is 185 Å². The first-order valence-corrected chi connectivity index (χ1v) is 20.7. The van der Waals surface area contributed by atoms with Gasteiger partial charge in [-0.25, -0.2) is 0 Å². The number of aliphatic hydroxyl groups excluding tert-OH is 3. The molecule has 0 aliphatic carbocycles. The van der Waals surface area contributed by atoms with Crippen molar-refractivity contribution in [1.29, 1.82) is 0 Å². The lowest BCUT2D eigenvalue weighted by Crippen LogP contribution is -2.06. The molecule has 7 nitrogen and oxygen atoms in total. The molecule has 6 aromatic carbocycles. The van der Waals surface area contributed by atoms with E-state index in [1.807, 2.05) is 60.7 Å². The summed E-state index contributed by atoms with van der Waals surface area (Å²) in [5.74, 6) is 2.16. The first kappa shape index (κ1) is 39.0. The molecule has 0 saturated heterocycles. The predicted octanol–water partition coefficient (Wildman–Crippen LogP) is 8.34. The molecule has 0 aliphatic rings. The van der Waals surface area contributed by atoms with Crippen molar-refractivity contribution in [2.45, 2.75) is 46.1 Å². The Labute approximate surface area is 326 Å². The van der Waals surface area contributed by atoms with Crippen molar-refractivity contribution >= 4 is 39.3 Å². The predicted molar refractivity (Wildman–Crippen MR) is 215 cm³/mol. The zero-order valence-corrected chi connectivity index (χ0v) is 32.2. The molecule has 54 heavy (non-hydrogen) atoms. The molecule has 1 atom stereocenters. The number of rotatable bonds is 18. The molecule has 1 unspecified atom stereocenters. The third kappa shape index (κ3) is 10.3. The highest BCUT2D eigenvalue weighted by Crippen LogP contribution is 2.37. The maximum atomic E-state index is 12.0. The molecule has 0 bridgehead atoms. The van der Waals surface area contributed by atoms with E-state index >= 15 is 0 Å². The number of hydrogen-bond acceptors (Lipinski definition) is 8. The SMILES string of the molecule is CC(=O)c1ccc([S+](c2ccc(OCCO)cc2)c2ccc(Sc3ccc([S+](c4ccc(OCCO)cc4)c4ccc(OCCO)cc4)cc3)cc2)cc1. The van der Waals surface area contributed by atoms with Gasteiger partial charge in [-0.15, -0.1) is 0 Å². The maximum Gasteiger partial charge on any atom is 0.166 e. The van der Waals surface area contributed by atoms with Gasteiger partial charge >= 0.3 is 0 Å². The topological polar surface area (TPSA) is 105 Å². The summed E-state index contributed by atoms with van der Waals surface area (Å²) in [4.78, 5) is 21.0. The summed E-state index contributed by atoms with van der Waals surface area (Å²) in [7, 11) is -0.825. The highest BCUT2D eigenvalue weighted by Gasteiger charge is 2.30. The summed E-state index contributed by atoms with van der Waals surface area (Å²) < 4.78 is 16.8. The van der Waals surface area contributed by atoms with Gasteiger partial charge in [0.15, 0.2) is 35.2 Å². The van der Waals surface area contributed by atoms with E-state index in [0.29, 0.717) is 22.8 Å². The number of ether oxygens (including phenoxy) is 3. The molecule has 0 aromatic heterocycles. The fraction of sp³-hybridized carbons (Fsp3) is 0.159. The fourth-order valence-corrected chi connectivity index (χ4v) is 10.5. The van der Waals surface area contributed by atoms with E-state index in [2.05, 4.69) is 84.9 Å². The zero-order valence-electron chi connectivity index (χ0n) is 29.8. The van der Waals surface area contributed by atoms with Crippen LogP contribution in [0.4, 0.5) is 0 Å². The summed E-state index contributed by atoms with van der Waals surface area (Å²) in [6.45, 7) is 2.19. The maximum absolute atomic E-state index is 12.0. The monoisotopic (exact) mass is 778 g/mol. The lowest BCUT2D eigenvalue weighted by atomic mass is 10.2. The Balaban J connectivity index is 1.23. The average Bonchev–Trinajstić information content (AvgIpc) is 3.21. The number of aliphatic hydroxyl groups is 3. The zero-order chi connectivity index (χ0) is 37.7. The minimum absolute atomic E-state index is 0.0374. The van der Waals surface area contributed by atoms with Crippen LogP contribution in [0, 0.1) is 0 Å². The van der Waals surface area contributed by atoms with Gasteiger partial charge in [0, 0.05) is 15.4 Å². The molecule has 3 N–H and O–H groups in total. The molecule has 0 amide bonds. The second-order valence-electron chi connectivity index (χ2n) is 11.9. The van der Waals surface area contributed by atoms with Crippen molar-refractivity contribution in [3.8, 4) is 17.2 Å². The number of ketones is 1. The van der Waals surface area contributed by atoms with Crippen LogP contribution >= 0.6 is 11.8 Å². The van der Waals surface area contributed by atoms with Crippen LogP contribution in [0.5, 0.6) is 17.2 Å². The van der Waals surface area contributed by atoms with Crippen LogP contribution in [-0.2, 0) is 21.8 Å². The molecule has 10 heteroatoms. The summed E-state index contributed by atoms with van der Waals surface area (Å²) in [6, 6.07) is 49.2. The Hall–Kier alpha value is -4.68. The normalized spacial score (nSPS) is 11.6. The molecular formula is C44H42O7S3+2. The van der Waals surface area contributed by atoms with Gasteiger partial charge in [0.25, 0.3) is 0 Å². The standard InChI is InChI=1S/C44H42O7S3/c1-32(48)33-2-14-39(15-3-33)53(40-16-4-34(5-17-40)49-29-26-45)43-22-10-37(11-23-43)52-38-12-24-44(25-13-38)54(41-18-6-35(7-19-41)50-30-27-46)42-20-8-36(9-21-42)51-31-28-47/h2-25,45-47H,26-31H2,1H3/q+2. The highest BCUT2D eigenvalue weighted by molar-refractivity contribution is 7.99. The summed E-state index contributed by atoms with van der Waals surface area (Å²) in [5, 5.41) is 27.5. The Morgan fingerprint density at radius 3 is 0.963 bits per heavy atom. The van der Waals surface area contributed by atoms with E-state index in [0.717, 1.165) is 39.2 Å². The number of carbonyl (C=O) groups excluding carboxylic acids is 1. The van der Waals surface area contributed by atoms with Crippen LogP contribution < -0.4 is 14.2 Å². The quantitative estimate of drug-likeness (QED) is 0.0591. The van der Waals surface area contributed by atoms with Gasteiger partial charge in [-0.1, -0.05) is 11.8 Å². The fourth-order valence-electron chi connectivity index (χ4n) is 5.57. The van der Waals surface area contributed by atoms with Gasteiger partial charge in [-0.05, 0) is 153 Å². The molecule has 0 heterocycles. The van der Waals surface area contributed by atoms with Crippen molar-refractivity contribution in [2.24, 2.45) is 0 Å². The molecule has 6 aromatic rings. The Morgan fingerprint density at radius 1 is 0.444 bits per heavy atom. The first-order chi connectivity index (χ1) is 26.4. The van der Waals surface area contributed by atoms with Crippen LogP contribution in [0.2, 0.25) is 0 Å². The Bertz CT molecular complexity index is 2000.